The van der Waals surface area contributed by atoms with Crippen molar-refractivity contribution in [2.45, 2.75) is 45.8 Å². The standard InChI is InChI=1S/C21H28N6S/c1-21(2,3)18-15-28-19(26-18)13-24-20(22-4)23-12-16-8-5-6-9-17(16)14-27-11-7-10-25-27/h5-11,15H,12-14H2,1-4H3,(H2,22,23,24). The van der Waals surface area contributed by atoms with E-state index in [9.17, 15) is 0 Å². The molecule has 0 amide bonds. The number of benzene rings is 1. The maximum Gasteiger partial charge on any atom is 0.191 e. The highest BCUT2D eigenvalue weighted by atomic mass is 32.1. The molecule has 2 aromatic heterocycles. The van der Waals surface area contributed by atoms with Crippen LogP contribution < -0.4 is 10.6 Å². The molecule has 0 aliphatic carbocycles. The van der Waals surface area contributed by atoms with E-state index in [1.165, 1.54) is 11.1 Å². The fourth-order valence-electron chi connectivity index (χ4n) is 2.75. The van der Waals surface area contributed by atoms with Crippen molar-refractivity contribution in [1.82, 2.24) is 25.4 Å². The molecule has 2 N–H and O–H groups in total. The highest BCUT2D eigenvalue weighted by molar-refractivity contribution is 7.09. The number of guanidine groups is 1. The van der Waals surface area contributed by atoms with Crippen LogP contribution in [-0.2, 0) is 25.0 Å². The molecule has 1 aromatic carbocycles. The predicted molar refractivity (Wildman–Crippen MR) is 116 cm³/mol. The van der Waals surface area contributed by atoms with E-state index in [0.29, 0.717) is 13.1 Å². The van der Waals surface area contributed by atoms with Gasteiger partial charge in [0, 0.05) is 36.8 Å². The minimum Gasteiger partial charge on any atom is -0.352 e. The van der Waals surface area contributed by atoms with E-state index in [2.05, 4.69) is 71.1 Å². The van der Waals surface area contributed by atoms with Crippen LogP contribution in [0.5, 0.6) is 0 Å². The maximum absolute atomic E-state index is 4.73. The molecule has 0 radical (unpaired) electrons. The van der Waals surface area contributed by atoms with Gasteiger partial charge in [-0.1, -0.05) is 45.0 Å². The van der Waals surface area contributed by atoms with Crippen LogP contribution in [0.2, 0.25) is 0 Å². The highest BCUT2D eigenvalue weighted by Crippen LogP contribution is 2.23. The van der Waals surface area contributed by atoms with Crippen molar-refractivity contribution in [1.29, 1.82) is 0 Å². The van der Waals surface area contributed by atoms with Gasteiger partial charge in [0.15, 0.2) is 5.96 Å². The summed E-state index contributed by atoms with van der Waals surface area (Å²) in [5.74, 6) is 0.765. The van der Waals surface area contributed by atoms with Gasteiger partial charge in [0.1, 0.15) is 5.01 Å². The Morgan fingerprint density at radius 3 is 2.50 bits per heavy atom. The molecule has 2 heterocycles. The Labute approximate surface area is 170 Å². The van der Waals surface area contributed by atoms with Crippen LogP contribution in [0.15, 0.2) is 53.1 Å². The van der Waals surface area contributed by atoms with Crippen LogP contribution in [0, 0.1) is 0 Å². The lowest BCUT2D eigenvalue weighted by molar-refractivity contribution is 0.570. The molecule has 6 nitrogen and oxygen atoms in total. The zero-order valence-corrected chi connectivity index (χ0v) is 17.8. The van der Waals surface area contributed by atoms with Gasteiger partial charge in [-0.05, 0) is 17.2 Å². The molecule has 3 rings (SSSR count). The highest BCUT2D eigenvalue weighted by Gasteiger charge is 2.17. The molecular formula is C21H28N6S. The second-order valence-corrected chi connectivity index (χ2v) is 8.57. The largest absolute Gasteiger partial charge is 0.352 e. The minimum absolute atomic E-state index is 0.0764. The van der Waals surface area contributed by atoms with Crippen LogP contribution in [0.25, 0.3) is 0 Å². The van der Waals surface area contributed by atoms with Crippen LogP contribution in [0.3, 0.4) is 0 Å². The van der Waals surface area contributed by atoms with Crippen molar-refractivity contribution in [3.63, 3.8) is 0 Å². The average molecular weight is 397 g/mol. The Balaban J connectivity index is 1.57. The first-order valence-electron chi connectivity index (χ1n) is 9.39. The van der Waals surface area contributed by atoms with Gasteiger partial charge in [0.25, 0.3) is 0 Å². The molecule has 0 spiro atoms. The topological polar surface area (TPSA) is 67.1 Å². The second-order valence-electron chi connectivity index (χ2n) is 7.63. The molecule has 3 aromatic rings. The quantitative estimate of drug-likeness (QED) is 0.494. The summed E-state index contributed by atoms with van der Waals surface area (Å²) in [5, 5.41) is 14.3. The molecule has 0 unspecified atom stereocenters. The molecule has 0 aliphatic rings. The third-order valence-electron chi connectivity index (χ3n) is 4.41. The molecule has 148 valence electrons. The molecule has 28 heavy (non-hydrogen) atoms. The van der Waals surface area contributed by atoms with E-state index in [1.54, 1.807) is 24.6 Å². The van der Waals surface area contributed by atoms with Crippen molar-refractivity contribution in [2.75, 3.05) is 7.05 Å². The maximum atomic E-state index is 4.73. The Bertz CT molecular complexity index is 905. The first kappa shape index (κ1) is 20.1. The van der Waals surface area contributed by atoms with Crippen LogP contribution in [0.1, 0.15) is 42.6 Å². The van der Waals surface area contributed by atoms with Gasteiger partial charge in [-0.15, -0.1) is 11.3 Å². The summed E-state index contributed by atoms with van der Waals surface area (Å²) in [6.07, 6.45) is 3.78. The van der Waals surface area contributed by atoms with Gasteiger partial charge in [-0.25, -0.2) is 4.98 Å². The molecule has 0 saturated heterocycles. The van der Waals surface area contributed by atoms with Crippen LogP contribution in [-0.4, -0.2) is 27.8 Å². The summed E-state index contributed by atoms with van der Waals surface area (Å²) in [5.41, 5.74) is 3.67. The summed E-state index contributed by atoms with van der Waals surface area (Å²) in [4.78, 5) is 9.06. The van der Waals surface area contributed by atoms with Crippen LogP contribution >= 0.6 is 11.3 Å². The van der Waals surface area contributed by atoms with E-state index in [4.69, 9.17) is 4.98 Å². The summed E-state index contributed by atoms with van der Waals surface area (Å²) in [6, 6.07) is 10.3. The SMILES string of the molecule is CN=C(NCc1nc(C(C)(C)C)cs1)NCc1ccccc1Cn1cccn1. The average Bonchev–Trinajstić information content (AvgIpc) is 3.34. The summed E-state index contributed by atoms with van der Waals surface area (Å²) in [6.45, 7) is 8.66. The molecule has 0 aliphatic heterocycles. The first-order valence-corrected chi connectivity index (χ1v) is 10.3. The summed E-state index contributed by atoms with van der Waals surface area (Å²) < 4.78 is 1.93. The Hall–Kier alpha value is -2.67. The lowest BCUT2D eigenvalue weighted by Gasteiger charge is -2.15. The van der Waals surface area contributed by atoms with Gasteiger partial charge in [0.2, 0.25) is 0 Å². The predicted octanol–water partition coefficient (Wildman–Crippen LogP) is 3.55. The number of nitrogens with one attached hydrogen (secondary N) is 2. The molecule has 0 atom stereocenters. The first-order chi connectivity index (χ1) is 13.5. The fourth-order valence-corrected chi connectivity index (χ4v) is 3.71. The number of hydrogen-bond donors (Lipinski definition) is 2. The number of hydrogen-bond acceptors (Lipinski definition) is 4. The zero-order valence-electron chi connectivity index (χ0n) is 16.9. The molecular weight excluding hydrogens is 368 g/mol. The molecule has 0 saturated carbocycles. The van der Waals surface area contributed by atoms with Gasteiger partial charge in [0.05, 0.1) is 18.8 Å². The summed E-state index contributed by atoms with van der Waals surface area (Å²) in [7, 11) is 1.79. The van der Waals surface area contributed by atoms with Crippen LogP contribution in [0.4, 0.5) is 0 Å². The smallest absolute Gasteiger partial charge is 0.191 e. The van der Waals surface area contributed by atoms with Crippen molar-refractivity contribution in [2.24, 2.45) is 4.99 Å². The van der Waals surface area contributed by atoms with E-state index >= 15 is 0 Å². The Kier molecular flexibility index (Phi) is 6.46. The van der Waals surface area contributed by atoms with Crippen molar-refractivity contribution >= 4 is 17.3 Å². The van der Waals surface area contributed by atoms with E-state index in [1.807, 2.05) is 16.9 Å². The van der Waals surface area contributed by atoms with Gasteiger partial charge < -0.3 is 10.6 Å². The van der Waals surface area contributed by atoms with Gasteiger partial charge >= 0.3 is 0 Å². The van der Waals surface area contributed by atoms with Crippen molar-refractivity contribution in [3.8, 4) is 0 Å². The fraction of sp³-hybridized carbons (Fsp3) is 0.381. The number of rotatable bonds is 6. The number of thiazole rings is 1. The lowest BCUT2D eigenvalue weighted by atomic mass is 9.93. The Morgan fingerprint density at radius 1 is 1.11 bits per heavy atom. The number of nitrogens with zero attached hydrogens (tertiary/aromatic N) is 4. The van der Waals surface area contributed by atoms with Gasteiger partial charge in [-0.2, -0.15) is 5.10 Å². The minimum atomic E-state index is 0.0764. The van der Waals surface area contributed by atoms with E-state index in [0.717, 1.165) is 23.2 Å². The van der Waals surface area contributed by atoms with Gasteiger partial charge in [-0.3, -0.25) is 9.67 Å². The normalized spacial score (nSPS) is 12.2. The van der Waals surface area contributed by atoms with Crippen molar-refractivity contribution < 1.29 is 0 Å². The Morgan fingerprint density at radius 2 is 1.86 bits per heavy atom. The van der Waals surface area contributed by atoms with E-state index in [-0.39, 0.29) is 5.41 Å². The summed E-state index contributed by atoms with van der Waals surface area (Å²) >= 11 is 1.68. The molecule has 0 bridgehead atoms. The molecule has 7 heteroatoms. The van der Waals surface area contributed by atoms with Crippen molar-refractivity contribution in [3.05, 3.63) is 69.9 Å². The third kappa shape index (κ3) is 5.42. The van der Waals surface area contributed by atoms with E-state index < -0.39 is 0 Å². The third-order valence-corrected chi connectivity index (χ3v) is 5.26. The lowest BCUT2D eigenvalue weighted by Crippen LogP contribution is -2.36. The monoisotopic (exact) mass is 396 g/mol. The zero-order chi connectivity index (χ0) is 20.0. The second kappa shape index (κ2) is 9.01. The number of aromatic nitrogens is 3. The molecule has 0 fully saturated rings. The number of aliphatic imine (C=N–C) groups is 1.